The zero-order chi connectivity index (χ0) is 19.9. The van der Waals surface area contributed by atoms with Gasteiger partial charge in [-0.1, -0.05) is 44.2 Å². The van der Waals surface area contributed by atoms with E-state index in [0.29, 0.717) is 12.1 Å². The van der Waals surface area contributed by atoms with E-state index in [1.54, 1.807) is 0 Å². The van der Waals surface area contributed by atoms with Crippen LogP contribution in [-0.2, 0) is 6.54 Å². The quantitative estimate of drug-likeness (QED) is 0.342. The molecule has 28 heavy (non-hydrogen) atoms. The fraction of sp³-hybridized carbons (Fsp3) is 0.682. The van der Waals surface area contributed by atoms with E-state index in [1.165, 1.54) is 5.56 Å². The summed E-state index contributed by atoms with van der Waals surface area (Å²) >= 11 is 0. The van der Waals surface area contributed by atoms with Gasteiger partial charge in [0, 0.05) is 45.3 Å². The second-order valence-corrected chi connectivity index (χ2v) is 9.00. The lowest BCUT2D eigenvalue weighted by atomic mass is 9.93. The third kappa shape index (κ3) is 8.66. The first-order valence-corrected chi connectivity index (χ1v) is 10.2. The van der Waals surface area contributed by atoms with Crippen LogP contribution in [-0.4, -0.2) is 68.6 Å². The first kappa shape index (κ1) is 25.2. The molecule has 1 aromatic carbocycles. The number of nitrogens with zero attached hydrogens (tertiary/aromatic N) is 3. The predicted molar refractivity (Wildman–Crippen MR) is 132 cm³/mol. The molecule has 0 amide bonds. The molecule has 1 aliphatic rings. The van der Waals surface area contributed by atoms with Crippen LogP contribution >= 0.6 is 24.0 Å². The normalized spacial score (nSPS) is 21.3. The molecule has 0 bridgehead atoms. The van der Waals surface area contributed by atoms with Crippen LogP contribution in [0.15, 0.2) is 35.3 Å². The number of hydrogen-bond acceptors (Lipinski definition) is 3. The zero-order valence-electron chi connectivity index (χ0n) is 18.5. The van der Waals surface area contributed by atoms with E-state index in [4.69, 9.17) is 0 Å². The predicted octanol–water partition coefficient (Wildman–Crippen LogP) is 3.41. The van der Waals surface area contributed by atoms with Crippen LogP contribution in [0.4, 0.5) is 0 Å². The topological polar surface area (TPSA) is 42.9 Å². The fourth-order valence-electron chi connectivity index (χ4n) is 4.03. The molecule has 160 valence electrons. The van der Waals surface area contributed by atoms with E-state index in [-0.39, 0.29) is 29.4 Å². The Kier molecular flexibility index (Phi) is 10.8. The van der Waals surface area contributed by atoms with Crippen LogP contribution in [0.5, 0.6) is 0 Å². The van der Waals surface area contributed by atoms with Crippen molar-refractivity contribution in [3.63, 3.8) is 0 Å². The highest BCUT2D eigenvalue weighted by Crippen LogP contribution is 2.20. The average Bonchev–Trinajstić information content (AvgIpc) is 2.60. The largest absolute Gasteiger partial charge is 0.356 e. The van der Waals surface area contributed by atoms with Gasteiger partial charge in [0.25, 0.3) is 0 Å². The summed E-state index contributed by atoms with van der Waals surface area (Å²) in [7, 11) is 6.11. The highest BCUT2D eigenvalue weighted by atomic mass is 127. The van der Waals surface area contributed by atoms with Crippen molar-refractivity contribution in [1.29, 1.82) is 0 Å². The van der Waals surface area contributed by atoms with E-state index < -0.39 is 0 Å². The third-order valence-corrected chi connectivity index (χ3v) is 5.29. The molecule has 2 unspecified atom stereocenters. The van der Waals surface area contributed by atoms with Gasteiger partial charge in [-0.3, -0.25) is 9.89 Å². The molecule has 0 spiro atoms. The van der Waals surface area contributed by atoms with Crippen LogP contribution in [0.2, 0.25) is 0 Å². The molecule has 1 fully saturated rings. The fourth-order valence-corrected chi connectivity index (χ4v) is 4.03. The molecule has 6 heteroatoms. The van der Waals surface area contributed by atoms with E-state index in [0.717, 1.165) is 45.0 Å². The molecule has 0 aromatic heterocycles. The molecule has 2 rings (SSSR count). The van der Waals surface area contributed by atoms with Crippen molar-refractivity contribution in [3.05, 3.63) is 35.9 Å². The molecular formula is C22H40IN5. The number of benzene rings is 1. The number of likely N-dealkylation sites (tertiary alicyclic amines) is 1. The van der Waals surface area contributed by atoms with Gasteiger partial charge in [-0.05, 0) is 44.8 Å². The van der Waals surface area contributed by atoms with Crippen molar-refractivity contribution in [3.8, 4) is 0 Å². The molecule has 0 saturated carbocycles. The van der Waals surface area contributed by atoms with Gasteiger partial charge in [0.05, 0.1) is 0 Å². The zero-order valence-corrected chi connectivity index (χ0v) is 20.9. The standard InChI is InChI=1S/C22H39N5.HI/c1-18-14-20(12-13-27(18)15-19-10-8-7-9-11-19)25-21(23-4)24-16-22(2,3)17-26(5)6;/h7-11,18,20H,12-17H2,1-6H3,(H2,23,24,25);1H. The summed E-state index contributed by atoms with van der Waals surface area (Å²) in [5.41, 5.74) is 1.60. The monoisotopic (exact) mass is 501 g/mol. The Labute approximate surface area is 189 Å². The minimum Gasteiger partial charge on any atom is -0.356 e. The Morgan fingerprint density at radius 2 is 1.93 bits per heavy atom. The number of hydrogen-bond donors (Lipinski definition) is 2. The maximum Gasteiger partial charge on any atom is 0.191 e. The van der Waals surface area contributed by atoms with Crippen molar-refractivity contribution in [2.24, 2.45) is 10.4 Å². The summed E-state index contributed by atoms with van der Waals surface area (Å²) in [5.74, 6) is 0.926. The summed E-state index contributed by atoms with van der Waals surface area (Å²) in [6, 6.07) is 11.8. The SMILES string of the molecule is CN=C(NCC(C)(C)CN(C)C)NC1CCN(Cc2ccccc2)C(C)C1.I. The van der Waals surface area contributed by atoms with Gasteiger partial charge in [-0.25, -0.2) is 0 Å². The number of piperidine rings is 1. The smallest absolute Gasteiger partial charge is 0.191 e. The molecule has 1 aromatic rings. The van der Waals surface area contributed by atoms with Gasteiger partial charge < -0.3 is 15.5 Å². The summed E-state index contributed by atoms with van der Waals surface area (Å²) in [4.78, 5) is 9.27. The molecule has 1 saturated heterocycles. The molecule has 0 aliphatic carbocycles. The average molecular weight is 502 g/mol. The van der Waals surface area contributed by atoms with Crippen LogP contribution in [0.1, 0.15) is 39.2 Å². The summed E-state index contributed by atoms with van der Waals surface area (Å²) < 4.78 is 0. The minimum absolute atomic E-state index is 0. The van der Waals surface area contributed by atoms with Gasteiger partial charge in [0.15, 0.2) is 5.96 Å². The highest BCUT2D eigenvalue weighted by molar-refractivity contribution is 14.0. The lowest BCUT2D eigenvalue weighted by Crippen LogP contribution is -2.52. The molecule has 1 heterocycles. The van der Waals surface area contributed by atoms with Crippen LogP contribution in [0, 0.1) is 5.41 Å². The third-order valence-electron chi connectivity index (χ3n) is 5.29. The lowest BCUT2D eigenvalue weighted by molar-refractivity contribution is 0.134. The Bertz CT molecular complexity index is 588. The van der Waals surface area contributed by atoms with Crippen molar-refractivity contribution in [2.75, 3.05) is 40.8 Å². The van der Waals surface area contributed by atoms with Gasteiger partial charge in [-0.15, -0.1) is 24.0 Å². The number of guanidine groups is 1. The van der Waals surface area contributed by atoms with Crippen LogP contribution < -0.4 is 10.6 Å². The number of rotatable bonds is 7. The Balaban J connectivity index is 0.00000392. The molecule has 1 aliphatic heterocycles. The molecule has 5 nitrogen and oxygen atoms in total. The van der Waals surface area contributed by atoms with Crippen LogP contribution in [0.3, 0.4) is 0 Å². The maximum atomic E-state index is 4.44. The molecular weight excluding hydrogens is 461 g/mol. The Hall–Kier alpha value is -0.860. The van der Waals surface area contributed by atoms with Gasteiger partial charge >= 0.3 is 0 Å². The Morgan fingerprint density at radius 3 is 2.50 bits per heavy atom. The van der Waals surface area contributed by atoms with Gasteiger partial charge in [0.2, 0.25) is 0 Å². The number of halogens is 1. The summed E-state index contributed by atoms with van der Waals surface area (Å²) in [6.45, 7) is 11.0. The van der Waals surface area contributed by atoms with Crippen LogP contribution in [0.25, 0.3) is 0 Å². The van der Waals surface area contributed by atoms with Crippen molar-refractivity contribution >= 4 is 29.9 Å². The van der Waals surface area contributed by atoms with Crippen molar-refractivity contribution in [2.45, 2.75) is 52.2 Å². The van der Waals surface area contributed by atoms with Crippen molar-refractivity contribution < 1.29 is 0 Å². The highest BCUT2D eigenvalue weighted by Gasteiger charge is 2.26. The minimum atomic E-state index is 0. The second-order valence-electron chi connectivity index (χ2n) is 9.00. The van der Waals surface area contributed by atoms with E-state index >= 15 is 0 Å². The molecule has 2 atom stereocenters. The molecule has 0 radical (unpaired) electrons. The van der Waals surface area contributed by atoms with E-state index in [9.17, 15) is 0 Å². The lowest BCUT2D eigenvalue weighted by Gasteiger charge is -2.38. The number of nitrogens with one attached hydrogen (secondary N) is 2. The Morgan fingerprint density at radius 1 is 1.25 bits per heavy atom. The molecule has 2 N–H and O–H groups in total. The summed E-state index contributed by atoms with van der Waals surface area (Å²) in [5, 5.41) is 7.17. The first-order chi connectivity index (χ1) is 12.8. The second kappa shape index (κ2) is 12.0. The van der Waals surface area contributed by atoms with Gasteiger partial charge in [0.1, 0.15) is 0 Å². The first-order valence-electron chi connectivity index (χ1n) is 10.2. The van der Waals surface area contributed by atoms with Gasteiger partial charge in [-0.2, -0.15) is 0 Å². The van der Waals surface area contributed by atoms with E-state index in [1.807, 2.05) is 7.05 Å². The van der Waals surface area contributed by atoms with E-state index in [2.05, 4.69) is 90.6 Å². The maximum absolute atomic E-state index is 4.44. The van der Waals surface area contributed by atoms with Crippen molar-refractivity contribution in [1.82, 2.24) is 20.4 Å². The number of aliphatic imine (C=N–C) groups is 1. The summed E-state index contributed by atoms with van der Waals surface area (Å²) in [6.07, 6.45) is 2.30.